The topological polar surface area (TPSA) is 38.7 Å². The molecule has 0 aromatic rings. The fourth-order valence-corrected chi connectivity index (χ4v) is 5.16. The first-order valence-electron chi connectivity index (χ1n) is 13.2. The Kier molecular flexibility index (Phi) is 15.3. The van der Waals surface area contributed by atoms with Gasteiger partial charge in [-0.25, -0.2) is 0 Å². The molecule has 1 N–H and O–H groups in total. The van der Waals surface area contributed by atoms with E-state index in [1.165, 1.54) is 0 Å². The SMILES string of the molecule is CC/C=C/C/C=C/C[C@@H](C#C/C=C/C=C/[C@@H](CCO)O[Si](C)(C)C(C)(C)C)O[Si](C)(C)C(C)(C)C. The highest BCUT2D eigenvalue weighted by atomic mass is 28.4. The van der Waals surface area contributed by atoms with Crippen LogP contribution in [0.2, 0.25) is 36.3 Å². The Morgan fingerprint density at radius 3 is 1.94 bits per heavy atom. The largest absolute Gasteiger partial charge is 0.410 e. The summed E-state index contributed by atoms with van der Waals surface area (Å²) < 4.78 is 13.0. The van der Waals surface area contributed by atoms with E-state index in [0.29, 0.717) is 6.42 Å². The number of allylic oxidation sites excluding steroid dienone is 6. The van der Waals surface area contributed by atoms with E-state index in [2.05, 4.69) is 111 Å². The Bertz CT molecular complexity index is 766. The van der Waals surface area contributed by atoms with Crippen molar-refractivity contribution < 1.29 is 14.0 Å². The van der Waals surface area contributed by atoms with Gasteiger partial charge in [-0.15, -0.1) is 0 Å². The predicted octanol–water partition coefficient (Wildman–Crippen LogP) is 8.57. The lowest BCUT2D eigenvalue weighted by Crippen LogP contribution is -2.43. The third-order valence-electron chi connectivity index (χ3n) is 6.96. The van der Waals surface area contributed by atoms with Crippen molar-refractivity contribution in [3.8, 4) is 11.8 Å². The van der Waals surface area contributed by atoms with Crippen LogP contribution in [0.15, 0.2) is 48.6 Å². The Balaban J connectivity index is 5.32. The third-order valence-corrected chi connectivity index (χ3v) is 16.0. The van der Waals surface area contributed by atoms with Crippen molar-refractivity contribution in [2.75, 3.05) is 6.61 Å². The van der Waals surface area contributed by atoms with Crippen LogP contribution in [-0.2, 0) is 8.85 Å². The van der Waals surface area contributed by atoms with E-state index in [4.69, 9.17) is 8.85 Å². The molecule has 35 heavy (non-hydrogen) atoms. The molecule has 2 atom stereocenters. The average Bonchev–Trinajstić information content (AvgIpc) is 2.70. The molecule has 0 aliphatic heterocycles. The van der Waals surface area contributed by atoms with E-state index in [1.807, 2.05) is 24.3 Å². The van der Waals surface area contributed by atoms with E-state index in [0.717, 1.165) is 19.3 Å². The molecule has 0 fully saturated rings. The van der Waals surface area contributed by atoms with E-state index >= 15 is 0 Å². The third kappa shape index (κ3) is 14.2. The van der Waals surface area contributed by atoms with Crippen LogP contribution >= 0.6 is 0 Å². The van der Waals surface area contributed by atoms with Gasteiger partial charge < -0.3 is 14.0 Å². The maximum absolute atomic E-state index is 9.46. The molecule has 0 bridgehead atoms. The van der Waals surface area contributed by atoms with Gasteiger partial charge in [0.1, 0.15) is 6.10 Å². The standard InChI is InChI=1S/C30H54O3Si2/c1-12-13-14-15-16-19-22-27(32-34(8,9)29(2,3)4)23-20-17-18-21-24-28(25-26-31)33-35(10,11)30(5,6)7/h13-14,16-19,21,24,27-28,31H,12,15,22,25-26H2,1-11H3/b14-13+,18-17+,19-16+,24-21+/t27-,28-/m0/s1. The van der Waals surface area contributed by atoms with E-state index < -0.39 is 16.6 Å². The maximum atomic E-state index is 9.46. The summed E-state index contributed by atoms with van der Waals surface area (Å²) in [6.07, 6.45) is 19.8. The predicted molar refractivity (Wildman–Crippen MR) is 160 cm³/mol. The van der Waals surface area contributed by atoms with Crippen LogP contribution in [-0.4, -0.2) is 40.6 Å². The summed E-state index contributed by atoms with van der Waals surface area (Å²) in [6, 6.07) is 0. The zero-order valence-electron chi connectivity index (χ0n) is 24.6. The van der Waals surface area contributed by atoms with Crippen LogP contribution in [0.3, 0.4) is 0 Å². The molecule has 5 heteroatoms. The minimum absolute atomic E-state index is 0.0833. The fourth-order valence-electron chi connectivity index (χ4n) is 2.64. The van der Waals surface area contributed by atoms with Crippen molar-refractivity contribution in [3.05, 3.63) is 48.6 Å². The Morgan fingerprint density at radius 2 is 1.40 bits per heavy atom. The summed E-state index contributed by atoms with van der Waals surface area (Å²) >= 11 is 0. The van der Waals surface area contributed by atoms with Crippen LogP contribution in [0.4, 0.5) is 0 Å². The number of hydrogen-bond acceptors (Lipinski definition) is 3. The van der Waals surface area contributed by atoms with Gasteiger partial charge in [0.05, 0.1) is 6.10 Å². The highest BCUT2D eigenvalue weighted by Gasteiger charge is 2.39. The fraction of sp³-hybridized carbons (Fsp3) is 0.667. The van der Waals surface area contributed by atoms with Gasteiger partial charge in [-0.2, -0.15) is 0 Å². The molecule has 0 radical (unpaired) electrons. The Labute approximate surface area is 220 Å². The molecule has 0 heterocycles. The molecule has 0 rings (SSSR count). The molecular weight excluding hydrogens is 464 g/mol. The molecule has 3 nitrogen and oxygen atoms in total. The van der Waals surface area contributed by atoms with Gasteiger partial charge >= 0.3 is 0 Å². The van der Waals surface area contributed by atoms with E-state index in [9.17, 15) is 5.11 Å². The summed E-state index contributed by atoms with van der Waals surface area (Å²) in [5.41, 5.74) is 0. The van der Waals surface area contributed by atoms with Gasteiger partial charge in [0.25, 0.3) is 0 Å². The average molecular weight is 519 g/mol. The Morgan fingerprint density at radius 1 is 0.829 bits per heavy atom. The molecule has 200 valence electrons. The summed E-state index contributed by atoms with van der Waals surface area (Å²) in [4.78, 5) is 0. The van der Waals surface area contributed by atoms with Crippen LogP contribution in [0.25, 0.3) is 0 Å². The molecule has 0 amide bonds. The van der Waals surface area contributed by atoms with Gasteiger partial charge in [-0.3, -0.25) is 0 Å². The van der Waals surface area contributed by atoms with Crippen molar-refractivity contribution in [3.63, 3.8) is 0 Å². The van der Waals surface area contributed by atoms with Crippen LogP contribution < -0.4 is 0 Å². The van der Waals surface area contributed by atoms with Crippen molar-refractivity contribution in [1.82, 2.24) is 0 Å². The minimum Gasteiger partial charge on any atom is -0.410 e. The Hall–Kier alpha value is -1.17. The quantitative estimate of drug-likeness (QED) is 0.115. The van der Waals surface area contributed by atoms with Gasteiger partial charge in [-0.1, -0.05) is 103 Å². The molecule has 0 aromatic heterocycles. The first-order chi connectivity index (χ1) is 16.1. The van der Waals surface area contributed by atoms with Crippen LogP contribution in [0, 0.1) is 11.8 Å². The molecule has 0 saturated carbocycles. The molecule has 0 saturated heterocycles. The molecule has 0 unspecified atom stereocenters. The molecule has 0 spiro atoms. The smallest absolute Gasteiger partial charge is 0.193 e. The summed E-state index contributed by atoms with van der Waals surface area (Å²) in [5.74, 6) is 6.51. The minimum atomic E-state index is -1.91. The van der Waals surface area contributed by atoms with Crippen LogP contribution in [0.5, 0.6) is 0 Å². The highest BCUT2D eigenvalue weighted by Crippen LogP contribution is 2.38. The lowest BCUT2D eigenvalue weighted by Gasteiger charge is -2.38. The first kappa shape index (κ1) is 33.8. The maximum Gasteiger partial charge on any atom is 0.193 e. The molecular formula is C30H54O3Si2. The number of hydrogen-bond donors (Lipinski definition) is 1. The van der Waals surface area contributed by atoms with Crippen molar-refractivity contribution >= 4 is 16.6 Å². The zero-order valence-corrected chi connectivity index (χ0v) is 26.6. The van der Waals surface area contributed by atoms with E-state index in [1.54, 1.807) is 0 Å². The second-order valence-corrected chi connectivity index (χ2v) is 21.7. The van der Waals surface area contributed by atoms with Crippen molar-refractivity contribution in [2.45, 2.75) is 123 Å². The van der Waals surface area contributed by atoms with Crippen molar-refractivity contribution in [2.24, 2.45) is 0 Å². The molecule has 0 aromatic carbocycles. The lowest BCUT2D eigenvalue weighted by atomic mass is 10.2. The monoisotopic (exact) mass is 518 g/mol. The highest BCUT2D eigenvalue weighted by molar-refractivity contribution is 6.74. The van der Waals surface area contributed by atoms with Gasteiger partial charge in [0, 0.05) is 13.0 Å². The van der Waals surface area contributed by atoms with Crippen LogP contribution in [0.1, 0.15) is 74.1 Å². The lowest BCUT2D eigenvalue weighted by molar-refractivity contribution is 0.174. The molecule has 0 aliphatic carbocycles. The summed E-state index contributed by atoms with van der Waals surface area (Å²) in [7, 11) is -3.81. The molecule has 0 aliphatic rings. The zero-order chi connectivity index (χ0) is 27.2. The second-order valence-electron chi connectivity index (χ2n) is 12.2. The summed E-state index contributed by atoms with van der Waals surface area (Å²) in [6.45, 7) is 24.8. The van der Waals surface area contributed by atoms with Gasteiger partial charge in [-0.05, 0) is 61.6 Å². The first-order valence-corrected chi connectivity index (χ1v) is 19.0. The van der Waals surface area contributed by atoms with Gasteiger partial charge in [0.2, 0.25) is 0 Å². The van der Waals surface area contributed by atoms with Crippen molar-refractivity contribution in [1.29, 1.82) is 0 Å². The number of aliphatic hydroxyl groups excluding tert-OH is 1. The van der Waals surface area contributed by atoms with E-state index in [-0.39, 0.29) is 28.9 Å². The van der Waals surface area contributed by atoms with Gasteiger partial charge in [0.15, 0.2) is 16.6 Å². The number of aliphatic hydroxyl groups is 1. The normalized spacial score (nSPS) is 15.9. The second kappa shape index (κ2) is 15.8. The number of rotatable bonds is 13. The summed E-state index contributed by atoms with van der Waals surface area (Å²) in [5, 5.41) is 9.74.